The van der Waals surface area contributed by atoms with E-state index in [2.05, 4.69) is 0 Å². The number of thiocarbonyl (C=S) groups is 1. The molecule has 0 spiro atoms. The van der Waals surface area contributed by atoms with E-state index in [1.165, 1.54) is 9.80 Å². The smallest absolute Gasteiger partial charge is 0.270 e. The molecule has 0 atom stereocenters. The molecule has 5 rings (SSSR count). The molecule has 0 aliphatic carbocycles. The van der Waals surface area contributed by atoms with Crippen LogP contribution in [0.5, 0.6) is 5.75 Å². The first-order valence-electron chi connectivity index (χ1n) is 11.4. The summed E-state index contributed by atoms with van der Waals surface area (Å²) in [5.74, 6) is -0.154. The standard InChI is InChI=1S/C29H23N3O3S/c1-20-17-21(19-30(20)22-13-15-25(35-2)16-14-22)18-26-27(33)31(23-9-5-3-6-10-23)29(36)32(28(26)34)24-11-7-4-8-12-24/h3-19H,1-2H3. The fraction of sp³-hybridized carbons (Fsp3) is 0.0690. The van der Waals surface area contributed by atoms with E-state index >= 15 is 0 Å². The number of aryl methyl sites for hydroxylation is 1. The summed E-state index contributed by atoms with van der Waals surface area (Å²) < 4.78 is 7.25. The molecule has 7 heteroatoms. The third-order valence-electron chi connectivity index (χ3n) is 5.97. The highest BCUT2D eigenvalue weighted by molar-refractivity contribution is 7.81. The third-order valence-corrected chi connectivity index (χ3v) is 6.34. The topological polar surface area (TPSA) is 54.8 Å². The lowest BCUT2D eigenvalue weighted by molar-refractivity contribution is -0.120. The number of methoxy groups -OCH3 is 1. The van der Waals surface area contributed by atoms with Crippen molar-refractivity contribution >= 4 is 46.6 Å². The number of para-hydroxylation sites is 2. The third kappa shape index (κ3) is 4.21. The van der Waals surface area contributed by atoms with Crippen LogP contribution < -0.4 is 14.5 Å². The van der Waals surface area contributed by atoms with E-state index in [1.54, 1.807) is 37.5 Å². The van der Waals surface area contributed by atoms with E-state index < -0.39 is 11.8 Å². The number of benzene rings is 3. The van der Waals surface area contributed by atoms with E-state index in [1.807, 2.05) is 84.4 Å². The number of hydrogen-bond donors (Lipinski definition) is 0. The molecule has 1 saturated heterocycles. The Morgan fingerprint density at radius 1 is 0.750 bits per heavy atom. The fourth-order valence-electron chi connectivity index (χ4n) is 4.20. The van der Waals surface area contributed by atoms with Crippen LogP contribution in [0, 0.1) is 6.92 Å². The van der Waals surface area contributed by atoms with Crippen molar-refractivity contribution in [1.29, 1.82) is 0 Å². The van der Waals surface area contributed by atoms with Gasteiger partial charge in [0.2, 0.25) is 0 Å². The summed E-state index contributed by atoms with van der Waals surface area (Å²) >= 11 is 5.66. The number of carbonyl (C=O) groups excluding carboxylic acids is 2. The first-order valence-corrected chi connectivity index (χ1v) is 11.8. The molecule has 4 aromatic rings. The van der Waals surface area contributed by atoms with Gasteiger partial charge >= 0.3 is 0 Å². The average Bonchev–Trinajstić information content (AvgIpc) is 3.28. The summed E-state index contributed by atoms with van der Waals surface area (Å²) in [4.78, 5) is 30.1. The predicted molar refractivity (Wildman–Crippen MR) is 145 cm³/mol. The Labute approximate surface area is 214 Å². The largest absolute Gasteiger partial charge is 0.497 e. The van der Waals surface area contributed by atoms with Gasteiger partial charge in [0.05, 0.1) is 18.5 Å². The molecular weight excluding hydrogens is 470 g/mol. The highest BCUT2D eigenvalue weighted by Gasteiger charge is 2.41. The number of rotatable bonds is 5. The van der Waals surface area contributed by atoms with Crippen LogP contribution in [0.1, 0.15) is 11.3 Å². The minimum absolute atomic E-state index is 0.0307. The lowest BCUT2D eigenvalue weighted by Crippen LogP contribution is -2.56. The van der Waals surface area contributed by atoms with E-state index in [-0.39, 0.29) is 10.7 Å². The number of ether oxygens (including phenoxy) is 1. The molecule has 1 aromatic heterocycles. The number of nitrogens with zero attached hydrogens (tertiary/aromatic N) is 3. The minimum Gasteiger partial charge on any atom is -0.497 e. The molecule has 0 bridgehead atoms. The van der Waals surface area contributed by atoms with Gasteiger partial charge in [-0.2, -0.15) is 0 Å². The van der Waals surface area contributed by atoms with Crippen molar-refractivity contribution in [1.82, 2.24) is 4.57 Å². The van der Waals surface area contributed by atoms with Gasteiger partial charge < -0.3 is 9.30 Å². The van der Waals surface area contributed by atoms with E-state index in [0.717, 1.165) is 22.7 Å². The molecule has 0 N–H and O–H groups in total. The normalized spacial score (nSPS) is 13.8. The van der Waals surface area contributed by atoms with Crippen LogP contribution in [0.3, 0.4) is 0 Å². The molecule has 178 valence electrons. The number of amides is 2. The zero-order valence-electron chi connectivity index (χ0n) is 19.8. The van der Waals surface area contributed by atoms with Gasteiger partial charge in [0.1, 0.15) is 11.3 Å². The van der Waals surface area contributed by atoms with Gasteiger partial charge in [-0.1, -0.05) is 36.4 Å². The Bertz CT molecular complexity index is 1410. The van der Waals surface area contributed by atoms with Crippen LogP contribution in [0.15, 0.2) is 103 Å². The molecule has 0 saturated carbocycles. The van der Waals surface area contributed by atoms with Gasteiger partial charge in [-0.3, -0.25) is 19.4 Å². The summed E-state index contributed by atoms with van der Waals surface area (Å²) in [6.45, 7) is 1.97. The number of anilines is 2. The van der Waals surface area contributed by atoms with Crippen molar-refractivity contribution in [3.05, 3.63) is 114 Å². The zero-order valence-corrected chi connectivity index (χ0v) is 20.6. The average molecular weight is 494 g/mol. The van der Waals surface area contributed by atoms with E-state index in [0.29, 0.717) is 11.4 Å². The van der Waals surface area contributed by atoms with Crippen LogP contribution in [0.25, 0.3) is 11.8 Å². The SMILES string of the molecule is COc1ccc(-n2cc(C=C3C(=O)N(c4ccccc4)C(=S)N(c4ccccc4)C3=O)cc2C)cc1. The van der Waals surface area contributed by atoms with Gasteiger partial charge in [0, 0.05) is 17.6 Å². The molecule has 0 radical (unpaired) electrons. The van der Waals surface area contributed by atoms with Gasteiger partial charge in [-0.15, -0.1) is 0 Å². The molecule has 3 aromatic carbocycles. The summed E-state index contributed by atoms with van der Waals surface area (Å²) in [5.41, 5.74) is 3.85. The van der Waals surface area contributed by atoms with Crippen molar-refractivity contribution in [2.75, 3.05) is 16.9 Å². The van der Waals surface area contributed by atoms with Gasteiger partial charge in [0.15, 0.2) is 5.11 Å². The summed E-state index contributed by atoms with van der Waals surface area (Å²) in [6.07, 6.45) is 3.53. The summed E-state index contributed by atoms with van der Waals surface area (Å²) in [6, 6.07) is 27.8. The Morgan fingerprint density at radius 3 is 1.78 bits per heavy atom. The van der Waals surface area contributed by atoms with Crippen molar-refractivity contribution in [3.63, 3.8) is 0 Å². The van der Waals surface area contributed by atoms with E-state index in [9.17, 15) is 9.59 Å². The molecular formula is C29H23N3O3S. The highest BCUT2D eigenvalue weighted by Crippen LogP contribution is 2.30. The van der Waals surface area contributed by atoms with Crippen LogP contribution in [0.4, 0.5) is 11.4 Å². The molecule has 2 amide bonds. The monoisotopic (exact) mass is 493 g/mol. The minimum atomic E-state index is -0.460. The molecule has 1 aliphatic rings. The highest BCUT2D eigenvalue weighted by atomic mass is 32.1. The second-order valence-corrected chi connectivity index (χ2v) is 8.64. The van der Waals surface area contributed by atoms with Gasteiger partial charge in [0.25, 0.3) is 11.8 Å². The van der Waals surface area contributed by atoms with Crippen LogP contribution in [0.2, 0.25) is 0 Å². The maximum atomic E-state index is 13.7. The van der Waals surface area contributed by atoms with E-state index in [4.69, 9.17) is 17.0 Å². The Kier molecular flexibility index (Phi) is 6.23. The first kappa shape index (κ1) is 23.3. The van der Waals surface area contributed by atoms with Gasteiger partial charge in [-0.25, -0.2) is 0 Å². The fourth-order valence-corrected chi connectivity index (χ4v) is 4.58. The van der Waals surface area contributed by atoms with Crippen molar-refractivity contribution in [3.8, 4) is 11.4 Å². The van der Waals surface area contributed by atoms with Crippen molar-refractivity contribution in [2.45, 2.75) is 6.92 Å². The van der Waals surface area contributed by atoms with Crippen LogP contribution >= 0.6 is 12.2 Å². The Hall–Kier alpha value is -4.49. The van der Waals surface area contributed by atoms with Crippen molar-refractivity contribution < 1.29 is 14.3 Å². The number of carbonyl (C=O) groups is 2. The molecule has 2 heterocycles. The van der Waals surface area contributed by atoms with Crippen LogP contribution in [-0.4, -0.2) is 28.6 Å². The Balaban J connectivity index is 1.59. The lowest BCUT2D eigenvalue weighted by atomic mass is 10.1. The second kappa shape index (κ2) is 9.64. The zero-order chi connectivity index (χ0) is 25.2. The molecule has 6 nitrogen and oxygen atoms in total. The maximum Gasteiger partial charge on any atom is 0.270 e. The second-order valence-electron chi connectivity index (χ2n) is 8.28. The molecule has 1 aliphatic heterocycles. The number of aromatic nitrogens is 1. The Morgan fingerprint density at radius 2 is 1.28 bits per heavy atom. The quantitative estimate of drug-likeness (QED) is 0.208. The molecule has 0 unspecified atom stereocenters. The van der Waals surface area contributed by atoms with Crippen molar-refractivity contribution in [2.24, 2.45) is 0 Å². The van der Waals surface area contributed by atoms with Crippen LogP contribution in [-0.2, 0) is 9.59 Å². The maximum absolute atomic E-state index is 13.7. The number of hydrogen-bond acceptors (Lipinski definition) is 4. The predicted octanol–water partition coefficient (Wildman–Crippen LogP) is 5.54. The lowest BCUT2D eigenvalue weighted by Gasteiger charge is -2.36. The molecule has 1 fully saturated rings. The van der Waals surface area contributed by atoms with Gasteiger partial charge in [-0.05, 0) is 85.4 Å². The molecule has 36 heavy (non-hydrogen) atoms. The summed E-state index contributed by atoms with van der Waals surface area (Å²) in [5, 5.41) is 0.117. The first-order chi connectivity index (χ1) is 17.5. The summed E-state index contributed by atoms with van der Waals surface area (Å²) in [7, 11) is 1.63.